The summed E-state index contributed by atoms with van der Waals surface area (Å²) < 4.78 is 10.6. The number of amides is 1. The van der Waals surface area contributed by atoms with Gasteiger partial charge in [0.15, 0.2) is 0 Å². The van der Waals surface area contributed by atoms with Gasteiger partial charge >= 0.3 is 6.09 Å². The number of carbonyl (C=O) groups excluding carboxylic acids is 1. The van der Waals surface area contributed by atoms with E-state index in [9.17, 15) is 4.79 Å². The van der Waals surface area contributed by atoms with Crippen LogP contribution in [-0.4, -0.2) is 18.8 Å². The largest absolute Gasteiger partial charge is 0.497 e. The quantitative estimate of drug-likeness (QED) is 0.915. The van der Waals surface area contributed by atoms with Crippen LogP contribution in [0.15, 0.2) is 54.6 Å². The second-order valence-corrected chi connectivity index (χ2v) is 6.26. The molecule has 2 aromatic carbocycles. The highest BCUT2D eigenvalue weighted by Crippen LogP contribution is 2.24. The Balaban J connectivity index is 2.27. The number of rotatable bonds is 4. The maximum Gasteiger partial charge on any atom is 0.408 e. The topological polar surface area (TPSA) is 47.6 Å². The molecule has 0 spiro atoms. The molecule has 0 aliphatic rings. The van der Waals surface area contributed by atoms with Crippen LogP contribution in [0, 0.1) is 0 Å². The van der Waals surface area contributed by atoms with E-state index in [2.05, 4.69) is 5.32 Å². The predicted molar refractivity (Wildman–Crippen MR) is 90.6 cm³/mol. The summed E-state index contributed by atoms with van der Waals surface area (Å²) in [5.74, 6) is 0.776. The van der Waals surface area contributed by atoms with Crippen molar-refractivity contribution in [2.24, 2.45) is 0 Å². The van der Waals surface area contributed by atoms with E-state index in [0.717, 1.165) is 16.9 Å². The van der Waals surface area contributed by atoms with Crippen LogP contribution in [0.3, 0.4) is 0 Å². The maximum atomic E-state index is 12.2. The summed E-state index contributed by atoms with van der Waals surface area (Å²) in [4.78, 5) is 12.2. The van der Waals surface area contributed by atoms with Crippen molar-refractivity contribution < 1.29 is 14.3 Å². The van der Waals surface area contributed by atoms with E-state index >= 15 is 0 Å². The molecule has 0 radical (unpaired) electrons. The molecule has 1 N–H and O–H groups in total. The predicted octanol–water partition coefficient (Wildman–Crippen LogP) is 4.31. The highest BCUT2D eigenvalue weighted by Gasteiger charge is 2.21. The summed E-state index contributed by atoms with van der Waals surface area (Å²) in [7, 11) is 1.63. The molecule has 0 saturated heterocycles. The third kappa shape index (κ3) is 5.02. The maximum absolute atomic E-state index is 12.2. The van der Waals surface area contributed by atoms with Gasteiger partial charge < -0.3 is 14.8 Å². The van der Waals surface area contributed by atoms with Crippen molar-refractivity contribution >= 4 is 6.09 Å². The van der Waals surface area contributed by atoms with Crippen LogP contribution in [0.4, 0.5) is 4.79 Å². The van der Waals surface area contributed by atoms with Gasteiger partial charge in [-0.15, -0.1) is 0 Å². The van der Waals surface area contributed by atoms with Crippen molar-refractivity contribution in [3.8, 4) is 5.75 Å². The van der Waals surface area contributed by atoms with Crippen LogP contribution in [0.1, 0.15) is 37.9 Å². The second kappa shape index (κ2) is 7.18. The van der Waals surface area contributed by atoms with E-state index in [1.165, 1.54) is 0 Å². The Kier molecular flexibility index (Phi) is 5.27. The lowest BCUT2D eigenvalue weighted by Crippen LogP contribution is -2.35. The van der Waals surface area contributed by atoms with E-state index in [-0.39, 0.29) is 6.04 Å². The first-order valence-corrected chi connectivity index (χ1v) is 7.57. The third-order valence-electron chi connectivity index (χ3n) is 3.24. The third-order valence-corrected chi connectivity index (χ3v) is 3.24. The molecule has 0 fully saturated rings. The monoisotopic (exact) mass is 313 g/mol. The zero-order valence-corrected chi connectivity index (χ0v) is 14.0. The van der Waals surface area contributed by atoms with E-state index in [1.807, 2.05) is 75.4 Å². The molecule has 23 heavy (non-hydrogen) atoms. The normalized spacial score (nSPS) is 12.3. The number of ether oxygens (including phenoxy) is 2. The fourth-order valence-corrected chi connectivity index (χ4v) is 2.23. The van der Waals surface area contributed by atoms with Gasteiger partial charge in [0.2, 0.25) is 0 Å². The Hall–Kier alpha value is -2.49. The minimum atomic E-state index is -0.536. The molecule has 122 valence electrons. The number of nitrogens with one attached hydrogen (secondary N) is 1. The average Bonchev–Trinajstić information content (AvgIpc) is 2.52. The number of hydrogen-bond donors (Lipinski definition) is 1. The van der Waals surface area contributed by atoms with Gasteiger partial charge in [0.05, 0.1) is 13.2 Å². The number of hydrogen-bond acceptors (Lipinski definition) is 3. The summed E-state index contributed by atoms with van der Waals surface area (Å²) in [5, 5.41) is 2.94. The van der Waals surface area contributed by atoms with Crippen LogP contribution < -0.4 is 10.1 Å². The SMILES string of the molecule is COc1ccc([C@H](NC(=O)OC(C)(C)C)c2ccccc2)cc1. The van der Waals surface area contributed by atoms with E-state index in [1.54, 1.807) is 7.11 Å². The molecule has 2 aromatic rings. The summed E-state index contributed by atoms with van der Waals surface area (Å²) >= 11 is 0. The van der Waals surface area contributed by atoms with Crippen LogP contribution in [0.2, 0.25) is 0 Å². The molecule has 1 atom stereocenters. The molecular weight excluding hydrogens is 290 g/mol. The van der Waals surface area contributed by atoms with Crippen LogP contribution in [-0.2, 0) is 4.74 Å². The van der Waals surface area contributed by atoms with Crippen molar-refractivity contribution in [1.82, 2.24) is 5.32 Å². The second-order valence-electron chi connectivity index (χ2n) is 6.26. The zero-order valence-electron chi connectivity index (χ0n) is 14.0. The fraction of sp³-hybridized carbons (Fsp3) is 0.316. The van der Waals surface area contributed by atoms with Gasteiger partial charge in [0, 0.05) is 0 Å². The molecule has 0 aromatic heterocycles. The summed E-state index contributed by atoms with van der Waals surface area (Å²) in [6.45, 7) is 5.53. The number of benzene rings is 2. The van der Waals surface area contributed by atoms with Gasteiger partial charge in [-0.1, -0.05) is 42.5 Å². The molecule has 0 bridgehead atoms. The smallest absolute Gasteiger partial charge is 0.408 e. The summed E-state index contributed by atoms with van der Waals surface area (Å²) in [5.41, 5.74) is 1.41. The average molecular weight is 313 g/mol. The molecular formula is C19H23NO3. The van der Waals surface area contributed by atoms with Gasteiger partial charge in [-0.25, -0.2) is 4.79 Å². The van der Waals surface area contributed by atoms with Gasteiger partial charge in [0.25, 0.3) is 0 Å². The Morgan fingerprint density at radius 3 is 2.04 bits per heavy atom. The molecule has 0 aliphatic heterocycles. The Labute approximate surface area is 137 Å². The van der Waals surface area contributed by atoms with Crippen LogP contribution in [0.25, 0.3) is 0 Å². The van der Waals surface area contributed by atoms with Crippen molar-refractivity contribution in [2.45, 2.75) is 32.4 Å². The lowest BCUT2D eigenvalue weighted by Gasteiger charge is -2.24. The lowest BCUT2D eigenvalue weighted by molar-refractivity contribution is 0.0512. The Bertz CT molecular complexity index is 630. The zero-order chi connectivity index (χ0) is 16.9. The minimum Gasteiger partial charge on any atom is -0.497 e. The van der Waals surface area contributed by atoms with Gasteiger partial charge in [-0.3, -0.25) is 0 Å². The number of carbonyl (C=O) groups is 1. The van der Waals surface area contributed by atoms with Gasteiger partial charge in [0.1, 0.15) is 11.4 Å². The first-order chi connectivity index (χ1) is 10.9. The van der Waals surface area contributed by atoms with Crippen molar-refractivity contribution in [1.29, 1.82) is 0 Å². The van der Waals surface area contributed by atoms with E-state index in [4.69, 9.17) is 9.47 Å². The molecule has 2 rings (SSSR count). The molecule has 4 heteroatoms. The van der Waals surface area contributed by atoms with Crippen molar-refractivity contribution in [2.75, 3.05) is 7.11 Å². The fourth-order valence-electron chi connectivity index (χ4n) is 2.23. The highest BCUT2D eigenvalue weighted by atomic mass is 16.6. The molecule has 0 saturated carbocycles. The van der Waals surface area contributed by atoms with Gasteiger partial charge in [-0.2, -0.15) is 0 Å². The van der Waals surface area contributed by atoms with Crippen LogP contribution in [0.5, 0.6) is 5.75 Å². The first kappa shape index (κ1) is 16.9. The van der Waals surface area contributed by atoms with Gasteiger partial charge in [-0.05, 0) is 44.0 Å². The molecule has 1 amide bonds. The number of methoxy groups -OCH3 is 1. The lowest BCUT2D eigenvalue weighted by atomic mass is 9.99. The minimum absolute atomic E-state index is 0.281. The van der Waals surface area contributed by atoms with E-state index < -0.39 is 11.7 Å². The standard InChI is InChI=1S/C19H23NO3/c1-19(2,3)23-18(21)20-17(14-8-6-5-7-9-14)15-10-12-16(22-4)13-11-15/h5-13,17H,1-4H3,(H,20,21)/t17-/m1/s1. The van der Waals surface area contributed by atoms with Crippen molar-refractivity contribution in [3.05, 3.63) is 65.7 Å². The highest BCUT2D eigenvalue weighted by molar-refractivity contribution is 5.69. The Morgan fingerprint density at radius 1 is 0.957 bits per heavy atom. The Morgan fingerprint density at radius 2 is 1.52 bits per heavy atom. The molecule has 0 aliphatic carbocycles. The molecule has 0 unspecified atom stereocenters. The van der Waals surface area contributed by atoms with Crippen LogP contribution >= 0.6 is 0 Å². The molecule has 4 nitrogen and oxygen atoms in total. The van der Waals surface area contributed by atoms with Crippen molar-refractivity contribution in [3.63, 3.8) is 0 Å². The van der Waals surface area contributed by atoms with E-state index in [0.29, 0.717) is 0 Å². The first-order valence-electron chi connectivity index (χ1n) is 7.57. The molecule has 0 heterocycles. The summed E-state index contributed by atoms with van der Waals surface area (Å²) in [6, 6.07) is 17.1. The summed E-state index contributed by atoms with van der Waals surface area (Å²) in [6.07, 6.45) is -0.442. The number of alkyl carbamates (subject to hydrolysis) is 1.